The molecule has 2 N–H and O–H groups in total. The number of aryl methyl sites for hydroxylation is 1. The number of carbonyl (C=O) groups is 1. The van der Waals surface area contributed by atoms with Gasteiger partial charge in [0.25, 0.3) is 5.91 Å². The molecule has 3 rings (SSSR count). The highest BCUT2D eigenvalue weighted by Gasteiger charge is 2.28. The largest absolute Gasteiger partial charge is 0.364 e. The number of amides is 1. The van der Waals surface area contributed by atoms with Crippen molar-refractivity contribution in [1.82, 2.24) is 0 Å². The van der Waals surface area contributed by atoms with Gasteiger partial charge in [-0.1, -0.05) is 0 Å². The molecule has 1 saturated heterocycles. The lowest BCUT2D eigenvalue weighted by Gasteiger charge is -2.31. The van der Waals surface area contributed by atoms with Crippen LogP contribution in [0.25, 0.3) is 0 Å². The zero-order valence-electron chi connectivity index (χ0n) is 13.8. The van der Waals surface area contributed by atoms with Crippen LogP contribution in [0.2, 0.25) is 0 Å². The summed E-state index contributed by atoms with van der Waals surface area (Å²) >= 11 is 1.59. The topological polar surface area (TPSA) is 66.6 Å². The molecule has 6 heteroatoms. The van der Waals surface area contributed by atoms with Crippen LogP contribution in [0.4, 0.5) is 5.00 Å². The molecular weight excluding hydrogens is 310 g/mol. The van der Waals surface area contributed by atoms with Crippen LogP contribution in [-0.4, -0.2) is 37.7 Å². The van der Waals surface area contributed by atoms with E-state index in [9.17, 15) is 10.1 Å². The highest BCUT2D eigenvalue weighted by Crippen LogP contribution is 2.37. The number of thiophene rings is 1. The number of nitrogens with one attached hydrogen (secondary N) is 2. The summed E-state index contributed by atoms with van der Waals surface area (Å²) in [5.74, 6) is -0.00334. The first-order valence-electron chi connectivity index (χ1n) is 8.40. The number of carbonyl (C=O) groups excluding carboxylic acids is 1. The van der Waals surface area contributed by atoms with Gasteiger partial charge in [-0.25, -0.2) is 0 Å². The summed E-state index contributed by atoms with van der Waals surface area (Å²) < 4.78 is 5.71. The van der Waals surface area contributed by atoms with Crippen molar-refractivity contribution in [1.29, 1.82) is 5.26 Å². The van der Waals surface area contributed by atoms with Gasteiger partial charge in [0.1, 0.15) is 36.4 Å². The van der Waals surface area contributed by atoms with Crippen molar-refractivity contribution in [2.45, 2.75) is 51.7 Å². The van der Waals surface area contributed by atoms with Crippen molar-refractivity contribution >= 4 is 22.2 Å². The first-order valence-corrected chi connectivity index (χ1v) is 9.22. The van der Waals surface area contributed by atoms with Crippen LogP contribution in [0.15, 0.2) is 0 Å². The Labute approximate surface area is 141 Å². The maximum absolute atomic E-state index is 12.4. The second-order valence-electron chi connectivity index (χ2n) is 6.67. The minimum absolute atomic E-state index is 0.00334. The Morgan fingerprint density at radius 3 is 2.74 bits per heavy atom. The molecule has 2 aliphatic rings. The van der Waals surface area contributed by atoms with Crippen LogP contribution in [0, 0.1) is 11.3 Å². The van der Waals surface area contributed by atoms with Crippen molar-refractivity contribution in [2.24, 2.45) is 0 Å². The lowest BCUT2D eigenvalue weighted by molar-refractivity contribution is -0.907. The third-order valence-electron chi connectivity index (χ3n) is 4.56. The molecule has 124 valence electrons. The van der Waals surface area contributed by atoms with Crippen molar-refractivity contribution in [3.05, 3.63) is 16.0 Å². The van der Waals surface area contributed by atoms with E-state index in [1.807, 2.05) is 0 Å². The minimum atomic E-state index is -0.00334. The van der Waals surface area contributed by atoms with Gasteiger partial charge in [-0.05, 0) is 45.1 Å². The predicted molar refractivity (Wildman–Crippen MR) is 89.9 cm³/mol. The van der Waals surface area contributed by atoms with E-state index >= 15 is 0 Å². The maximum atomic E-state index is 12.4. The lowest BCUT2D eigenvalue weighted by Crippen LogP contribution is -3.16. The molecule has 0 spiro atoms. The standard InChI is InChI=1S/C17H23N3O2S/c1-11-8-20(9-12(2)22-11)10-16(21)19-17-14(7-18)13-5-3-4-6-15(13)23-17/h11-12H,3-6,8-10H2,1-2H3,(H,19,21)/p+1. The van der Waals surface area contributed by atoms with Gasteiger partial charge in [-0.2, -0.15) is 5.26 Å². The molecule has 0 saturated carbocycles. The van der Waals surface area contributed by atoms with Gasteiger partial charge in [0.15, 0.2) is 6.54 Å². The van der Waals surface area contributed by atoms with Crippen LogP contribution in [0.5, 0.6) is 0 Å². The van der Waals surface area contributed by atoms with Gasteiger partial charge in [-0.15, -0.1) is 11.3 Å². The molecule has 2 unspecified atom stereocenters. The Balaban J connectivity index is 1.66. The van der Waals surface area contributed by atoms with E-state index in [4.69, 9.17) is 4.74 Å². The third kappa shape index (κ3) is 3.74. The first kappa shape index (κ1) is 16.4. The zero-order valence-corrected chi connectivity index (χ0v) is 14.6. The van der Waals surface area contributed by atoms with Crippen molar-refractivity contribution in [3.63, 3.8) is 0 Å². The molecule has 23 heavy (non-hydrogen) atoms. The van der Waals surface area contributed by atoms with Crippen molar-refractivity contribution in [2.75, 3.05) is 25.0 Å². The summed E-state index contributed by atoms with van der Waals surface area (Å²) in [7, 11) is 0. The average Bonchev–Trinajstić information content (AvgIpc) is 2.82. The third-order valence-corrected chi connectivity index (χ3v) is 5.77. The van der Waals surface area contributed by atoms with Crippen LogP contribution in [0.3, 0.4) is 0 Å². The lowest BCUT2D eigenvalue weighted by atomic mass is 9.96. The molecule has 1 amide bonds. The van der Waals surface area contributed by atoms with Gasteiger partial charge < -0.3 is 15.0 Å². The molecule has 2 atom stereocenters. The highest BCUT2D eigenvalue weighted by atomic mass is 32.1. The summed E-state index contributed by atoms with van der Waals surface area (Å²) in [6, 6.07) is 2.30. The molecular formula is C17H24N3O2S+. The Morgan fingerprint density at radius 1 is 1.35 bits per heavy atom. The summed E-state index contributed by atoms with van der Waals surface area (Å²) in [5.41, 5.74) is 1.86. The van der Waals surface area contributed by atoms with Gasteiger partial charge in [0, 0.05) is 4.88 Å². The number of quaternary nitrogens is 1. The van der Waals surface area contributed by atoms with Crippen LogP contribution >= 0.6 is 11.3 Å². The number of hydrogen-bond acceptors (Lipinski definition) is 4. The molecule has 1 aliphatic heterocycles. The van der Waals surface area contributed by atoms with Gasteiger partial charge in [0.05, 0.1) is 5.56 Å². The fourth-order valence-electron chi connectivity index (χ4n) is 3.70. The highest BCUT2D eigenvalue weighted by molar-refractivity contribution is 7.16. The summed E-state index contributed by atoms with van der Waals surface area (Å²) in [4.78, 5) is 14.9. The van der Waals surface area contributed by atoms with E-state index in [2.05, 4.69) is 25.2 Å². The molecule has 1 aromatic heterocycles. The molecule has 0 bridgehead atoms. The number of nitriles is 1. The monoisotopic (exact) mass is 334 g/mol. The number of anilines is 1. The second kappa shape index (κ2) is 7.00. The number of hydrogen-bond donors (Lipinski definition) is 2. The van der Waals surface area contributed by atoms with E-state index in [0.717, 1.165) is 37.4 Å². The molecule has 1 fully saturated rings. The average molecular weight is 334 g/mol. The SMILES string of the molecule is CC1C[NH+](CC(=O)Nc2sc3c(c2C#N)CCCC3)CC(C)O1. The number of morpholine rings is 1. The number of nitrogens with zero attached hydrogens (tertiary/aromatic N) is 1. The Kier molecular flexibility index (Phi) is 5.00. The van der Waals surface area contributed by atoms with E-state index in [1.54, 1.807) is 11.3 Å². The Hall–Kier alpha value is -1.42. The summed E-state index contributed by atoms with van der Waals surface area (Å²) in [6.07, 6.45) is 4.69. The Morgan fingerprint density at radius 2 is 2.04 bits per heavy atom. The number of fused-ring (bicyclic) bond motifs is 1. The van der Waals surface area contributed by atoms with Gasteiger partial charge in [0.2, 0.25) is 0 Å². The van der Waals surface area contributed by atoms with Gasteiger partial charge >= 0.3 is 0 Å². The molecule has 1 aromatic rings. The van der Waals surface area contributed by atoms with E-state index in [-0.39, 0.29) is 18.1 Å². The zero-order chi connectivity index (χ0) is 16.4. The Bertz CT molecular complexity index is 625. The van der Waals surface area contributed by atoms with Crippen LogP contribution in [-0.2, 0) is 22.4 Å². The van der Waals surface area contributed by atoms with Crippen LogP contribution in [0.1, 0.15) is 42.7 Å². The quantitative estimate of drug-likeness (QED) is 0.871. The second-order valence-corrected chi connectivity index (χ2v) is 7.77. The molecule has 0 aromatic carbocycles. The van der Waals surface area contributed by atoms with Crippen molar-refractivity contribution < 1.29 is 14.4 Å². The smallest absolute Gasteiger partial charge is 0.280 e. The first-order chi connectivity index (χ1) is 11.1. The summed E-state index contributed by atoms with van der Waals surface area (Å²) in [6.45, 7) is 6.24. The predicted octanol–water partition coefficient (Wildman–Crippen LogP) is 1.13. The summed E-state index contributed by atoms with van der Waals surface area (Å²) in [5, 5.41) is 13.2. The fourth-order valence-corrected chi connectivity index (χ4v) is 4.96. The molecule has 1 aliphatic carbocycles. The van der Waals surface area contributed by atoms with Gasteiger partial charge in [-0.3, -0.25) is 4.79 Å². The van der Waals surface area contributed by atoms with E-state index in [0.29, 0.717) is 12.1 Å². The van der Waals surface area contributed by atoms with E-state index in [1.165, 1.54) is 21.8 Å². The number of rotatable bonds is 3. The van der Waals surface area contributed by atoms with E-state index < -0.39 is 0 Å². The normalized spacial score (nSPS) is 27.1. The molecule has 2 heterocycles. The fraction of sp³-hybridized carbons (Fsp3) is 0.647. The molecule has 0 radical (unpaired) electrons. The molecule has 5 nitrogen and oxygen atoms in total. The van der Waals surface area contributed by atoms with Crippen molar-refractivity contribution in [3.8, 4) is 6.07 Å². The van der Waals surface area contributed by atoms with Crippen LogP contribution < -0.4 is 10.2 Å². The minimum Gasteiger partial charge on any atom is -0.364 e. The number of ether oxygens (including phenoxy) is 1. The maximum Gasteiger partial charge on any atom is 0.280 e.